The van der Waals surface area contributed by atoms with E-state index >= 15 is 0 Å². The number of amides is 1. The van der Waals surface area contributed by atoms with Crippen LogP contribution in [0.1, 0.15) is 49.1 Å². The summed E-state index contributed by atoms with van der Waals surface area (Å²) in [7, 11) is 2.01. The molecule has 2 saturated heterocycles. The zero-order valence-corrected chi connectivity index (χ0v) is 20.7. The summed E-state index contributed by atoms with van der Waals surface area (Å²) in [6.45, 7) is 3.63. The molecule has 0 radical (unpaired) electrons. The number of nitrogens with one attached hydrogen (secondary N) is 2. The molecule has 0 bridgehead atoms. The minimum atomic E-state index is 0.100. The lowest BCUT2D eigenvalue weighted by molar-refractivity contribution is -0.127. The summed E-state index contributed by atoms with van der Waals surface area (Å²) < 4.78 is 0. The van der Waals surface area contributed by atoms with Crippen molar-refractivity contribution in [3.8, 4) is 11.3 Å². The number of piperidine rings is 1. The first-order chi connectivity index (χ1) is 17.2. The second-order valence-electron chi connectivity index (χ2n) is 10.7. The van der Waals surface area contributed by atoms with Crippen LogP contribution >= 0.6 is 0 Å². The van der Waals surface area contributed by atoms with Gasteiger partial charge >= 0.3 is 0 Å². The predicted molar refractivity (Wildman–Crippen MR) is 143 cm³/mol. The van der Waals surface area contributed by atoms with E-state index in [1.165, 1.54) is 53.4 Å². The van der Waals surface area contributed by atoms with Crippen LogP contribution in [0.5, 0.6) is 0 Å². The number of unbranched alkanes of at least 4 members (excludes halogenated alkanes) is 1. The number of hydrogen-bond acceptors (Lipinski definition) is 4. The lowest BCUT2D eigenvalue weighted by Gasteiger charge is -2.23. The Balaban J connectivity index is 1.33. The number of anilines is 1. The Bertz CT molecular complexity index is 1220. The van der Waals surface area contributed by atoms with E-state index in [0.717, 1.165) is 50.2 Å². The maximum Gasteiger partial charge on any atom is 0.225 e. The molecular formula is C30H36N4O. The number of pyridine rings is 1. The van der Waals surface area contributed by atoms with E-state index in [0.29, 0.717) is 11.8 Å². The molecule has 2 aliphatic heterocycles. The normalized spacial score (nSPS) is 21.9. The molecule has 5 heteroatoms. The number of hydrogen-bond donors (Lipinski definition) is 2. The fourth-order valence-corrected chi connectivity index (χ4v) is 5.95. The first kappa shape index (κ1) is 22.5. The van der Waals surface area contributed by atoms with Crippen molar-refractivity contribution in [3.63, 3.8) is 0 Å². The van der Waals surface area contributed by atoms with Crippen LogP contribution in [0, 0.1) is 11.8 Å². The summed E-state index contributed by atoms with van der Waals surface area (Å²) in [4.78, 5) is 20.1. The van der Waals surface area contributed by atoms with Gasteiger partial charge in [0.05, 0.1) is 17.1 Å². The molecule has 2 N–H and O–H groups in total. The number of aromatic nitrogens is 1. The Morgan fingerprint density at radius 1 is 1.03 bits per heavy atom. The number of carbonyl (C=O) groups excluding carboxylic acids is 1. The van der Waals surface area contributed by atoms with Gasteiger partial charge in [-0.1, -0.05) is 36.4 Å². The maximum absolute atomic E-state index is 12.5. The van der Waals surface area contributed by atoms with Gasteiger partial charge in [-0.05, 0) is 87.2 Å². The van der Waals surface area contributed by atoms with E-state index in [9.17, 15) is 4.79 Å². The van der Waals surface area contributed by atoms with Crippen LogP contribution in [0.25, 0.3) is 22.2 Å². The highest BCUT2D eigenvalue weighted by molar-refractivity contribution is 5.95. The largest absolute Gasteiger partial charge is 0.370 e. The van der Waals surface area contributed by atoms with Crippen molar-refractivity contribution >= 4 is 22.5 Å². The van der Waals surface area contributed by atoms with Gasteiger partial charge in [-0.3, -0.25) is 4.79 Å². The van der Waals surface area contributed by atoms with Gasteiger partial charge in [0.2, 0.25) is 5.91 Å². The van der Waals surface area contributed by atoms with E-state index in [4.69, 9.17) is 4.98 Å². The number of fused-ring (bicyclic) bond motifs is 2. The number of aryl methyl sites for hydroxylation is 1. The molecule has 3 heterocycles. The first-order valence-corrected chi connectivity index (χ1v) is 13.4. The third-order valence-corrected chi connectivity index (χ3v) is 8.19. The Hall–Kier alpha value is -2.92. The molecule has 6 rings (SSSR count). The van der Waals surface area contributed by atoms with Gasteiger partial charge in [-0.2, -0.15) is 0 Å². The molecular weight excluding hydrogens is 432 g/mol. The Morgan fingerprint density at radius 2 is 1.89 bits per heavy atom. The summed E-state index contributed by atoms with van der Waals surface area (Å²) in [6.07, 6.45) is 7.17. The van der Waals surface area contributed by atoms with Crippen LogP contribution in [0.3, 0.4) is 0 Å². The summed E-state index contributed by atoms with van der Waals surface area (Å²) >= 11 is 0. The zero-order valence-electron chi connectivity index (χ0n) is 20.7. The number of benzene rings is 2. The van der Waals surface area contributed by atoms with Crippen LogP contribution in [0.15, 0.2) is 48.5 Å². The third kappa shape index (κ3) is 4.66. The minimum absolute atomic E-state index is 0.100. The fourth-order valence-electron chi connectivity index (χ4n) is 5.95. The minimum Gasteiger partial charge on any atom is -0.370 e. The average molecular weight is 469 g/mol. The second kappa shape index (κ2) is 9.62. The van der Waals surface area contributed by atoms with E-state index in [-0.39, 0.29) is 11.8 Å². The van der Waals surface area contributed by atoms with Crippen molar-refractivity contribution in [2.24, 2.45) is 11.8 Å². The molecule has 1 aromatic heterocycles. The maximum atomic E-state index is 12.5. The summed E-state index contributed by atoms with van der Waals surface area (Å²) in [5.74, 6) is 1.48. The molecule has 35 heavy (non-hydrogen) atoms. The van der Waals surface area contributed by atoms with Crippen molar-refractivity contribution in [3.05, 3.63) is 59.7 Å². The molecule has 2 atom stereocenters. The van der Waals surface area contributed by atoms with E-state index in [2.05, 4.69) is 64.1 Å². The van der Waals surface area contributed by atoms with Crippen LogP contribution in [0.2, 0.25) is 0 Å². The van der Waals surface area contributed by atoms with Gasteiger partial charge in [-0.25, -0.2) is 4.98 Å². The number of rotatable bonds is 8. The van der Waals surface area contributed by atoms with Crippen molar-refractivity contribution < 1.29 is 4.79 Å². The highest BCUT2D eigenvalue weighted by Crippen LogP contribution is 2.43. The smallest absolute Gasteiger partial charge is 0.225 e. The predicted octanol–water partition coefficient (Wildman–Crippen LogP) is 4.89. The summed E-state index contributed by atoms with van der Waals surface area (Å²) in [5.41, 5.74) is 7.30. The van der Waals surface area contributed by atoms with Gasteiger partial charge in [0.1, 0.15) is 0 Å². The molecule has 2 aromatic carbocycles. The molecule has 1 saturated carbocycles. The molecule has 3 aliphatic rings. The quantitative estimate of drug-likeness (QED) is 0.462. The van der Waals surface area contributed by atoms with Crippen molar-refractivity contribution in [2.45, 2.75) is 44.4 Å². The fraction of sp³-hybridized carbons (Fsp3) is 0.467. The molecule has 182 valence electrons. The lowest BCUT2D eigenvalue weighted by Crippen LogP contribution is -2.41. The monoisotopic (exact) mass is 468 g/mol. The molecule has 3 aromatic rings. The van der Waals surface area contributed by atoms with Crippen molar-refractivity contribution in [2.75, 3.05) is 38.1 Å². The first-order valence-electron chi connectivity index (χ1n) is 13.4. The Kier molecular flexibility index (Phi) is 6.19. The molecule has 1 aliphatic carbocycles. The second-order valence-corrected chi connectivity index (χ2v) is 10.7. The van der Waals surface area contributed by atoms with Gasteiger partial charge in [0, 0.05) is 36.3 Å². The summed E-state index contributed by atoms with van der Waals surface area (Å²) in [6, 6.07) is 18.1. The lowest BCUT2D eigenvalue weighted by atomic mass is 9.89. The number of nitrogens with zero attached hydrogens (tertiary/aromatic N) is 2. The molecule has 0 spiro atoms. The van der Waals surface area contributed by atoms with Crippen molar-refractivity contribution in [1.82, 2.24) is 15.6 Å². The standard InChI is InChI=1S/C30H36N4O/c1-31-14-3-2-4-20-5-7-22(8-6-20)27-17-29(34-18-24-13-15-32-30(35)26(24)19-34)25-12-11-23(21-9-10-21)16-28(25)33-27/h5-8,11-12,16-17,21,24,26,31H,2-4,9-10,13-15,18-19H2,1H3,(H,32,35). The van der Waals surface area contributed by atoms with Crippen LogP contribution in [-0.4, -0.2) is 44.1 Å². The van der Waals surface area contributed by atoms with Crippen LogP contribution in [-0.2, 0) is 11.2 Å². The average Bonchev–Trinajstić information content (AvgIpc) is 3.64. The topological polar surface area (TPSA) is 57.3 Å². The van der Waals surface area contributed by atoms with Gasteiger partial charge in [0.25, 0.3) is 0 Å². The zero-order chi connectivity index (χ0) is 23.8. The third-order valence-electron chi connectivity index (χ3n) is 8.19. The number of carbonyl (C=O) groups is 1. The van der Waals surface area contributed by atoms with Crippen LogP contribution in [0.4, 0.5) is 5.69 Å². The van der Waals surface area contributed by atoms with E-state index in [1.54, 1.807) is 0 Å². The summed E-state index contributed by atoms with van der Waals surface area (Å²) in [5, 5.41) is 7.51. The molecule has 2 unspecified atom stereocenters. The van der Waals surface area contributed by atoms with E-state index in [1.807, 2.05) is 7.05 Å². The van der Waals surface area contributed by atoms with Crippen molar-refractivity contribution in [1.29, 1.82) is 0 Å². The Labute approximate surface area is 208 Å². The highest BCUT2D eigenvalue weighted by atomic mass is 16.2. The van der Waals surface area contributed by atoms with E-state index < -0.39 is 0 Å². The van der Waals surface area contributed by atoms with Gasteiger partial charge < -0.3 is 15.5 Å². The molecule has 1 amide bonds. The SMILES string of the molecule is CNCCCCc1ccc(-c2cc(N3CC4CCNC(=O)C4C3)c3ccc(C4CC4)cc3n2)cc1. The molecule has 5 nitrogen and oxygen atoms in total. The van der Waals surface area contributed by atoms with Gasteiger partial charge in [-0.15, -0.1) is 0 Å². The molecule has 3 fully saturated rings. The van der Waals surface area contributed by atoms with Crippen LogP contribution < -0.4 is 15.5 Å². The Morgan fingerprint density at radius 3 is 2.66 bits per heavy atom. The highest BCUT2D eigenvalue weighted by Gasteiger charge is 2.40. The van der Waals surface area contributed by atoms with Gasteiger partial charge in [0.15, 0.2) is 0 Å².